The standard InChI is InChI=1S/C28H36N4O5/c1-4-28(5-2)16-24(34)32(27(29)31-28)21(13-14-36-3)18-9-8-10-19(15-18)26(35)30-25-20-11-6-7-12-23(20)37-17-22(25)33/h6-12,15,21-22,25,33H,4-5,13-14,16-17H2,1-3H3,(H2,29,31)(H,30,35)/t21-,22-,25-/m1/s1. The minimum absolute atomic E-state index is 0.0674. The number of guanidine groups is 1. The van der Waals surface area contributed by atoms with Crippen LogP contribution in [0.2, 0.25) is 0 Å². The lowest BCUT2D eigenvalue weighted by molar-refractivity contribution is -0.133. The molecular formula is C28H36N4O5. The van der Waals surface area contributed by atoms with Crippen molar-refractivity contribution in [2.45, 2.75) is 63.3 Å². The summed E-state index contributed by atoms with van der Waals surface area (Å²) in [6.07, 6.45) is 1.36. The number of aliphatic hydroxyl groups excluding tert-OH is 1. The second kappa shape index (κ2) is 11.3. The molecule has 0 spiro atoms. The summed E-state index contributed by atoms with van der Waals surface area (Å²) in [6, 6.07) is 13.3. The Morgan fingerprint density at radius 2 is 2.03 bits per heavy atom. The Morgan fingerprint density at radius 3 is 2.73 bits per heavy atom. The number of amides is 2. The van der Waals surface area contributed by atoms with Gasteiger partial charge in [-0.25, -0.2) is 0 Å². The summed E-state index contributed by atoms with van der Waals surface area (Å²) >= 11 is 0. The van der Waals surface area contributed by atoms with Crippen LogP contribution in [0.5, 0.6) is 5.75 Å². The lowest BCUT2D eigenvalue weighted by atomic mass is 9.86. The van der Waals surface area contributed by atoms with E-state index in [1.165, 1.54) is 4.90 Å². The molecule has 2 aromatic rings. The Balaban J connectivity index is 1.59. The summed E-state index contributed by atoms with van der Waals surface area (Å²) in [5.41, 5.74) is 1.44. The number of rotatable bonds is 9. The molecule has 4 N–H and O–H groups in total. The van der Waals surface area contributed by atoms with Gasteiger partial charge in [-0.05, 0) is 43.0 Å². The van der Waals surface area contributed by atoms with Gasteiger partial charge in [0.15, 0.2) is 5.96 Å². The molecule has 2 aliphatic rings. The lowest BCUT2D eigenvalue weighted by Crippen LogP contribution is -2.62. The van der Waals surface area contributed by atoms with Crippen LogP contribution < -0.4 is 15.4 Å². The number of aliphatic hydroxyl groups is 1. The molecule has 0 aliphatic carbocycles. The fourth-order valence-corrected chi connectivity index (χ4v) is 5.17. The molecule has 2 heterocycles. The van der Waals surface area contributed by atoms with Crippen molar-refractivity contribution in [3.05, 3.63) is 65.2 Å². The molecule has 0 bridgehead atoms. The van der Waals surface area contributed by atoms with Gasteiger partial charge in [0.1, 0.15) is 18.5 Å². The highest BCUT2D eigenvalue weighted by Gasteiger charge is 2.42. The monoisotopic (exact) mass is 508 g/mol. The maximum Gasteiger partial charge on any atom is 0.251 e. The topological polar surface area (TPSA) is 124 Å². The summed E-state index contributed by atoms with van der Waals surface area (Å²) in [5, 5.41) is 25.4. The first-order valence-corrected chi connectivity index (χ1v) is 12.8. The van der Waals surface area contributed by atoms with Crippen molar-refractivity contribution in [3.63, 3.8) is 0 Å². The van der Waals surface area contributed by atoms with E-state index >= 15 is 0 Å². The minimum atomic E-state index is -0.883. The molecule has 1 fully saturated rings. The number of nitrogens with zero attached hydrogens (tertiary/aromatic N) is 1. The third-order valence-electron chi connectivity index (χ3n) is 7.51. The van der Waals surface area contributed by atoms with Gasteiger partial charge in [0.05, 0.1) is 18.5 Å². The molecule has 4 rings (SSSR count). The van der Waals surface area contributed by atoms with E-state index in [4.69, 9.17) is 14.9 Å². The number of carbonyl (C=O) groups excluding carboxylic acids is 2. The van der Waals surface area contributed by atoms with Crippen molar-refractivity contribution in [2.75, 3.05) is 20.3 Å². The van der Waals surface area contributed by atoms with Crippen molar-refractivity contribution in [3.8, 4) is 5.75 Å². The quantitative estimate of drug-likeness (QED) is 0.412. The first-order chi connectivity index (χ1) is 17.8. The zero-order valence-corrected chi connectivity index (χ0v) is 21.6. The van der Waals surface area contributed by atoms with Crippen molar-refractivity contribution in [1.29, 1.82) is 5.41 Å². The summed E-state index contributed by atoms with van der Waals surface area (Å²) in [6.45, 7) is 4.51. The SMILES string of the molecule is CCC1(CC)CC(=O)N([C@H](CCOC)c2cccc(C(=O)N[C@@H]3c4ccccc4OC[C@H]3O)c2)C(=N)N1. The molecule has 37 heavy (non-hydrogen) atoms. The predicted octanol–water partition coefficient (Wildman–Crippen LogP) is 3.30. The molecule has 2 aliphatic heterocycles. The first kappa shape index (κ1) is 26.6. The predicted molar refractivity (Wildman–Crippen MR) is 139 cm³/mol. The first-order valence-electron chi connectivity index (χ1n) is 12.8. The number of benzene rings is 2. The molecule has 0 radical (unpaired) electrons. The van der Waals surface area contributed by atoms with Crippen LogP contribution in [-0.4, -0.2) is 59.7 Å². The third-order valence-corrected chi connectivity index (χ3v) is 7.51. The molecule has 0 unspecified atom stereocenters. The van der Waals surface area contributed by atoms with E-state index in [1.54, 1.807) is 25.3 Å². The van der Waals surface area contributed by atoms with Gasteiger partial charge >= 0.3 is 0 Å². The Hall–Kier alpha value is -3.43. The largest absolute Gasteiger partial charge is 0.490 e. The molecule has 1 saturated heterocycles. The van der Waals surface area contributed by atoms with E-state index in [1.807, 2.05) is 44.2 Å². The van der Waals surface area contributed by atoms with E-state index in [9.17, 15) is 14.7 Å². The number of ether oxygens (including phenoxy) is 2. The number of fused-ring (bicyclic) bond motifs is 1. The molecule has 0 aromatic heterocycles. The van der Waals surface area contributed by atoms with Gasteiger partial charge in [0.2, 0.25) is 5.91 Å². The van der Waals surface area contributed by atoms with Crippen LogP contribution in [0.15, 0.2) is 48.5 Å². The lowest BCUT2D eigenvalue weighted by Gasteiger charge is -2.45. The molecule has 3 atom stereocenters. The summed E-state index contributed by atoms with van der Waals surface area (Å²) < 4.78 is 10.9. The summed E-state index contributed by atoms with van der Waals surface area (Å²) in [5.74, 6) is 0.238. The van der Waals surface area contributed by atoms with E-state index in [0.717, 1.165) is 24.0 Å². The number of hydrogen-bond acceptors (Lipinski definition) is 6. The second-order valence-corrected chi connectivity index (χ2v) is 9.69. The number of para-hydroxylation sites is 1. The average molecular weight is 509 g/mol. The van der Waals surface area contributed by atoms with Gasteiger partial charge in [0, 0.05) is 30.4 Å². The highest BCUT2D eigenvalue weighted by molar-refractivity contribution is 6.00. The van der Waals surface area contributed by atoms with Gasteiger partial charge < -0.3 is 25.2 Å². The Kier molecular flexibility index (Phi) is 8.14. The Morgan fingerprint density at radius 1 is 1.27 bits per heavy atom. The van der Waals surface area contributed by atoms with Crippen molar-refractivity contribution >= 4 is 17.8 Å². The molecule has 9 nitrogen and oxygen atoms in total. The fraction of sp³-hybridized carbons (Fsp3) is 0.464. The maximum absolute atomic E-state index is 13.3. The molecule has 2 amide bonds. The van der Waals surface area contributed by atoms with E-state index in [0.29, 0.717) is 30.8 Å². The van der Waals surface area contributed by atoms with E-state index in [-0.39, 0.29) is 24.4 Å². The molecule has 2 aromatic carbocycles. The fourth-order valence-electron chi connectivity index (χ4n) is 5.17. The van der Waals surface area contributed by atoms with Crippen molar-refractivity contribution in [1.82, 2.24) is 15.5 Å². The Bertz CT molecular complexity index is 1130. The number of carbonyl (C=O) groups is 2. The maximum atomic E-state index is 13.3. The average Bonchev–Trinajstić information content (AvgIpc) is 2.91. The van der Waals surface area contributed by atoms with Crippen LogP contribution in [0.3, 0.4) is 0 Å². The van der Waals surface area contributed by atoms with Gasteiger partial charge in [-0.1, -0.05) is 44.2 Å². The van der Waals surface area contributed by atoms with Crippen molar-refractivity contribution in [2.24, 2.45) is 0 Å². The number of nitrogens with one attached hydrogen (secondary N) is 3. The molecular weight excluding hydrogens is 472 g/mol. The molecule has 9 heteroatoms. The van der Waals surface area contributed by atoms with Gasteiger partial charge in [-0.15, -0.1) is 0 Å². The zero-order valence-electron chi connectivity index (χ0n) is 21.6. The van der Waals surface area contributed by atoms with Crippen LogP contribution in [0.25, 0.3) is 0 Å². The highest BCUT2D eigenvalue weighted by atomic mass is 16.5. The highest BCUT2D eigenvalue weighted by Crippen LogP contribution is 2.34. The second-order valence-electron chi connectivity index (χ2n) is 9.69. The Labute approximate surface area is 217 Å². The van der Waals surface area contributed by atoms with Crippen LogP contribution in [-0.2, 0) is 9.53 Å². The van der Waals surface area contributed by atoms with Gasteiger partial charge in [0.25, 0.3) is 5.91 Å². The van der Waals surface area contributed by atoms with E-state index in [2.05, 4.69) is 10.6 Å². The van der Waals surface area contributed by atoms with Gasteiger partial charge in [-0.3, -0.25) is 19.9 Å². The van der Waals surface area contributed by atoms with Crippen LogP contribution in [0, 0.1) is 5.41 Å². The summed E-state index contributed by atoms with van der Waals surface area (Å²) in [7, 11) is 1.60. The molecule has 198 valence electrons. The minimum Gasteiger partial charge on any atom is -0.490 e. The van der Waals surface area contributed by atoms with Gasteiger partial charge in [-0.2, -0.15) is 0 Å². The van der Waals surface area contributed by atoms with E-state index < -0.39 is 23.7 Å². The third kappa shape index (κ3) is 5.47. The number of methoxy groups -OCH3 is 1. The normalized spacial score (nSPS) is 21.5. The summed E-state index contributed by atoms with van der Waals surface area (Å²) in [4.78, 5) is 28.1. The van der Waals surface area contributed by atoms with Crippen LogP contribution in [0.4, 0.5) is 0 Å². The van der Waals surface area contributed by atoms with Crippen LogP contribution >= 0.6 is 0 Å². The zero-order chi connectivity index (χ0) is 26.6. The molecule has 0 saturated carbocycles. The van der Waals surface area contributed by atoms with Crippen molar-refractivity contribution < 1.29 is 24.2 Å². The smallest absolute Gasteiger partial charge is 0.251 e. The number of hydrogen-bond donors (Lipinski definition) is 4. The van der Waals surface area contributed by atoms with Crippen LogP contribution in [0.1, 0.15) is 73.1 Å².